The summed E-state index contributed by atoms with van der Waals surface area (Å²) in [6.45, 7) is 0. The van der Waals surface area contributed by atoms with Crippen LogP contribution in [0.3, 0.4) is 0 Å². The summed E-state index contributed by atoms with van der Waals surface area (Å²) in [5.74, 6) is 1.49. The van der Waals surface area contributed by atoms with Gasteiger partial charge in [-0.1, -0.05) is 0 Å². The maximum atomic E-state index is 5.36. The van der Waals surface area contributed by atoms with Crippen LogP contribution in [0.15, 0.2) is 18.2 Å². The number of hydrogen-bond donors (Lipinski definition) is 1. The Morgan fingerprint density at radius 1 is 1.05 bits per heavy atom. The van der Waals surface area contributed by atoms with Crippen molar-refractivity contribution in [2.75, 3.05) is 14.2 Å². The molecule has 3 rings (SSSR count). The quantitative estimate of drug-likeness (QED) is 0.920. The average Bonchev–Trinajstić information content (AvgIpc) is 2.90. The van der Waals surface area contributed by atoms with Gasteiger partial charge in [-0.25, -0.2) is 0 Å². The fraction of sp³-hybridized carbons (Fsp3) is 0.400. The van der Waals surface area contributed by atoms with E-state index in [0.717, 1.165) is 35.6 Å². The van der Waals surface area contributed by atoms with Crippen LogP contribution >= 0.6 is 0 Å². The summed E-state index contributed by atoms with van der Waals surface area (Å²) >= 11 is 0. The van der Waals surface area contributed by atoms with E-state index in [9.17, 15) is 0 Å². The SMILES string of the molecule is COc1ccc(-c2n[nH]c3c2CCCC3)cc1OC. The molecule has 0 spiro atoms. The second-order valence-electron chi connectivity index (χ2n) is 4.81. The van der Waals surface area contributed by atoms with E-state index in [1.54, 1.807) is 14.2 Å². The number of fused-ring (bicyclic) bond motifs is 1. The zero-order valence-corrected chi connectivity index (χ0v) is 11.3. The highest BCUT2D eigenvalue weighted by atomic mass is 16.5. The second kappa shape index (κ2) is 4.96. The second-order valence-corrected chi connectivity index (χ2v) is 4.81. The van der Waals surface area contributed by atoms with Crippen LogP contribution in [-0.2, 0) is 12.8 Å². The smallest absolute Gasteiger partial charge is 0.161 e. The summed E-state index contributed by atoms with van der Waals surface area (Å²) in [7, 11) is 3.30. The van der Waals surface area contributed by atoms with Gasteiger partial charge in [0, 0.05) is 16.8 Å². The predicted molar refractivity (Wildman–Crippen MR) is 73.8 cm³/mol. The summed E-state index contributed by atoms with van der Waals surface area (Å²) in [6, 6.07) is 5.95. The Morgan fingerprint density at radius 2 is 1.84 bits per heavy atom. The van der Waals surface area contributed by atoms with Gasteiger partial charge in [-0.15, -0.1) is 0 Å². The molecule has 1 heterocycles. The molecule has 0 saturated heterocycles. The lowest BCUT2D eigenvalue weighted by Gasteiger charge is -2.12. The number of aromatic amines is 1. The highest BCUT2D eigenvalue weighted by Crippen LogP contribution is 2.35. The van der Waals surface area contributed by atoms with Crippen LogP contribution in [0, 0.1) is 0 Å². The Balaban J connectivity index is 2.04. The molecule has 0 bridgehead atoms. The third-order valence-electron chi connectivity index (χ3n) is 3.71. The predicted octanol–water partition coefficient (Wildman–Crippen LogP) is 2.97. The van der Waals surface area contributed by atoms with Crippen LogP contribution < -0.4 is 9.47 Å². The minimum absolute atomic E-state index is 0.743. The Labute approximate surface area is 112 Å². The van der Waals surface area contributed by atoms with E-state index in [2.05, 4.69) is 10.2 Å². The van der Waals surface area contributed by atoms with Crippen molar-refractivity contribution in [3.8, 4) is 22.8 Å². The molecular weight excluding hydrogens is 240 g/mol. The number of benzene rings is 1. The first-order valence-corrected chi connectivity index (χ1v) is 6.62. The minimum Gasteiger partial charge on any atom is -0.493 e. The first kappa shape index (κ1) is 12.1. The number of hydrogen-bond acceptors (Lipinski definition) is 3. The van der Waals surface area contributed by atoms with Gasteiger partial charge >= 0.3 is 0 Å². The molecule has 19 heavy (non-hydrogen) atoms. The van der Waals surface area contributed by atoms with Gasteiger partial charge in [0.05, 0.1) is 19.9 Å². The molecule has 0 atom stereocenters. The standard InChI is InChI=1S/C15H18N2O2/c1-18-13-8-7-10(9-14(13)19-2)15-11-5-3-4-6-12(11)16-17-15/h7-9H,3-6H2,1-2H3,(H,16,17). The van der Waals surface area contributed by atoms with E-state index in [1.807, 2.05) is 18.2 Å². The summed E-state index contributed by atoms with van der Waals surface area (Å²) in [4.78, 5) is 0. The number of H-pyrrole nitrogens is 1. The monoisotopic (exact) mass is 258 g/mol. The Morgan fingerprint density at radius 3 is 2.63 bits per heavy atom. The molecule has 4 heteroatoms. The number of methoxy groups -OCH3 is 2. The molecule has 1 aromatic heterocycles. The van der Waals surface area contributed by atoms with Crippen LogP contribution in [0.1, 0.15) is 24.1 Å². The van der Waals surface area contributed by atoms with Crippen molar-refractivity contribution in [2.45, 2.75) is 25.7 Å². The van der Waals surface area contributed by atoms with Gasteiger partial charge in [0.15, 0.2) is 11.5 Å². The summed E-state index contributed by atoms with van der Waals surface area (Å²) < 4.78 is 10.6. The molecule has 1 N–H and O–H groups in total. The van der Waals surface area contributed by atoms with E-state index in [0.29, 0.717) is 0 Å². The van der Waals surface area contributed by atoms with E-state index < -0.39 is 0 Å². The summed E-state index contributed by atoms with van der Waals surface area (Å²) in [5.41, 5.74) is 4.78. The van der Waals surface area contributed by atoms with Gasteiger partial charge in [0.2, 0.25) is 0 Å². The zero-order valence-electron chi connectivity index (χ0n) is 11.3. The molecule has 0 amide bonds. The minimum atomic E-state index is 0.743. The van der Waals surface area contributed by atoms with Gasteiger partial charge in [-0.2, -0.15) is 5.10 Å². The Hall–Kier alpha value is -1.97. The number of nitrogens with one attached hydrogen (secondary N) is 1. The van der Waals surface area contributed by atoms with Crippen LogP contribution in [-0.4, -0.2) is 24.4 Å². The van der Waals surface area contributed by atoms with E-state index >= 15 is 0 Å². The lowest BCUT2D eigenvalue weighted by Crippen LogP contribution is -2.01. The van der Waals surface area contributed by atoms with Crippen molar-refractivity contribution >= 4 is 0 Å². The van der Waals surface area contributed by atoms with E-state index in [-0.39, 0.29) is 0 Å². The molecular formula is C15H18N2O2. The largest absolute Gasteiger partial charge is 0.493 e. The van der Waals surface area contributed by atoms with Gasteiger partial charge in [0.25, 0.3) is 0 Å². The summed E-state index contributed by atoms with van der Waals surface area (Å²) in [6.07, 6.45) is 4.71. The molecule has 1 aromatic carbocycles. The van der Waals surface area contributed by atoms with Crippen molar-refractivity contribution < 1.29 is 9.47 Å². The van der Waals surface area contributed by atoms with E-state index in [4.69, 9.17) is 9.47 Å². The molecule has 1 aliphatic rings. The van der Waals surface area contributed by atoms with Crippen molar-refractivity contribution in [2.24, 2.45) is 0 Å². The fourth-order valence-electron chi connectivity index (χ4n) is 2.70. The normalized spacial score (nSPS) is 14.0. The Kier molecular flexibility index (Phi) is 3.15. The Bertz CT molecular complexity index is 590. The van der Waals surface area contributed by atoms with Crippen molar-refractivity contribution in [3.05, 3.63) is 29.5 Å². The number of nitrogens with zero attached hydrogens (tertiary/aromatic N) is 1. The average molecular weight is 258 g/mol. The molecule has 0 fully saturated rings. The molecule has 0 saturated carbocycles. The number of rotatable bonds is 3. The van der Waals surface area contributed by atoms with Crippen LogP contribution in [0.25, 0.3) is 11.3 Å². The lowest BCUT2D eigenvalue weighted by molar-refractivity contribution is 0.355. The molecule has 0 radical (unpaired) electrons. The first-order chi connectivity index (χ1) is 9.33. The zero-order chi connectivity index (χ0) is 13.2. The van der Waals surface area contributed by atoms with Crippen molar-refractivity contribution in [1.82, 2.24) is 10.2 Å². The number of aryl methyl sites for hydroxylation is 1. The van der Waals surface area contributed by atoms with Gasteiger partial charge in [0.1, 0.15) is 0 Å². The molecule has 0 unspecified atom stereocenters. The van der Waals surface area contributed by atoms with Crippen LogP contribution in [0.4, 0.5) is 0 Å². The summed E-state index contributed by atoms with van der Waals surface area (Å²) in [5, 5.41) is 7.65. The number of aromatic nitrogens is 2. The van der Waals surface area contributed by atoms with Crippen LogP contribution in [0.5, 0.6) is 11.5 Å². The third-order valence-corrected chi connectivity index (χ3v) is 3.71. The molecule has 2 aromatic rings. The van der Waals surface area contributed by atoms with Crippen molar-refractivity contribution in [3.63, 3.8) is 0 Å². The van der Waals surface area contributed by atoms with Gasteiger partial charge < -0.3 is 9.47 Å². The molecule has 4 nitrogen and oxygen atoms in total. The third kappa shape index (κ3) is 2.07. The highest BCUT2D eigenvalue weighted by molar-refractivity contribution is 5.67. The van der Waals surface area contributed by atoms with Gasteiger partial charge in [-0.05, 0) is 43.9 Å². The lowest BCUT2D eigenvalue weighted by atomic mass is 9.93. The molecule has 0 aliphatic heterocycles. The number of ether oxygens (including phenoxy) is 2. The highest BCUT2D eigenvalue weighted by Gasteiger charge is 2.18. The fourth-order valence-corrected chi connectivity index (χ4v) is 2.70. The molecule has 1 aliphatic carbocycles. The van der Waals surface area contributed by atoms with Gasteiger partial charge in [-0.3, -0.25) is 5.10 Å². The van der Waals surface area contributed by atoms with E-state index in [1.165, 1.54) is 24.1 Å². The van der Waals surface area contributed by atoms with Crippen LogP contribution in [0.2, 0.25) is 0 Å². The topological polar surface area (TPSA) is 47.1 Å². The molecule has 100 valence electrons. The maximum absolute atomic E-state index is 5.36. The van der Waals surface area contributed by atoms with Crippen molar-refractivity contribution in [1.29, 1.82) is 0 Å². The maximum Gasteiger partial charge on any atom is 0.161 e. The first-order valence-electron chi connectivity index (χ1n) is 6.62.